The first-order valence-corrected chi connectivity index (χ1v) is 10.7. The molecule has 6 nitrogen and oxygen atoms in total. The second kappa shape index (κ2) is 8.67. The number of benzene rings is 2. The summed E-state index contributed by atoms with van der Waals surface area (Å²) in [5.41, 5.74) is 2.80. The van der Waals surface area contributed by atoms with Gasteiger partial charge in [-0.15, -0.1) is 0 Å². The highest BCUT2D eigenvalue weighted by Crippen LogP contribution is 2.25. The van der Waals surface area contributed by atoms with Gasteiger partial charge in [0.25, 0.3) is 0 Å². The zero-order chi connectivity index (χ0) is 21.0. The molecule has 1 heterocycles. The molecule has 0 aliphatic carbocycles. The first-order valence-electron chi connectivity index (χ1n) is 9.00. The van der Waals surface area contributed by atoms with Crippen molar-refractivity contribution in [3.63, 3.8) is 0 Å². The molecule has 2 aromatic carbocycles. The number of hydrogen-bond acceptors (Lipinski definition) is 4. The standard InChI is InChI=1S/C21H23FN2O4S/c1-14-18-8-7-17(27-10-9-22)13-20(18)28-21(25)19(14)12-15-5-4-6-16(11-15)24-29(3,26)23-2/h4-8,11,13H,3,9-10,12H2,1-2H3,(H2,23,24,26). The summed E-state index contributed by atoms with van der Waals surface area (Å²) in [7, 11) is -1.07. The Bertz CT molecular complexity index is 1190. The first kappa shape index (κ1) is 20.9. The van der Waals surface area contributed by atoms with Crippen LogP contribution in [-0.4, -0.2) is 30.4 Å². The number of rotatable bonds is 8. The SMILES string of the molecule is C=S(=O)(NC)Nc1cccc(Cc2c(C)c3ccc(OCCF)cc3oc2=O)c1. The molecule has 0 radical (unpaired) electrons. The Hall–Kier alpha value is -2.84. The average Bonchev–Trinajstić information content (AvgIpc) is 2.69. The number of aryl methyl sites for hydroxylation is 1. The zero-order valence-electron chi connectivity index (χ0n) is 16.3. The Morgan fingerprint density at radius 2 is 2.03 bits per heavy atom. The molecule has 3 aromatic rings. The minimum absolute atomic E-state index is 0.0512. The van der Waals surface area contributed by atoms with Gasteiger partial charge in [-0.05, 0) is 55.2 Å². The van der Waals surface area contributed by atoms with Gasteiger partial charge >= 0.3 is 5.63 Å². The van der Waals surface area contributed by atoms with E-state index in [1.807, 2.05) is 25.1 Å². The van der Waals surface area contributed by atoms with E-state index in [0.29, 0.717) is 29.0 Å². The molecule has 29 heavy (non-hydrogen) atoms. The highest BCUT2D eigenvalue weighted by Gasteiger charge is 2.13. The Labute approximate surface area is 169 Å². The molecule has 0 aliphatic heterocycles. The van der Waals surface area contributed by atoms with Crippen LogP contribution in [0.2, 0.25) is 0 Å². The summed E-state index contributed by atoms with van der Waals surface area (Å²) in [6.07, 6.45) is 0.359. The molecular formula is C21H23FN2O4S. The molecular weight excluding hydrogens is 395 g/mol. The molecule has 0 aliphatic rings. The Morgan fingerprint density at radius 3 is 2.76 bits per heavy atom. The Balaban J connectivity index is 1.93. The van der Waals surface area contributed by atoms with Gasteiger partial charge in [0.15, 0.2) is 0 Å². The zero-order valence-corrected chi connectivity index (χ0v) is 17.1. The van der Waals surface area contributed by atoms with Gasteiger partial charge in [-0.25, -0.2) is 18.1 Å². The van der Waals surface area contributed by atoms with Gasteiger partial charge in [-0.3, -0.25) is 0 Å². The smallest absolute Gasteiger partial charge is 0.340 e. The number of alkyl halides is 1. The van der Waals surface area contributed by atoms with Gasteiger partial charge < -0.3 is 13.9 Å². The van der Waals surface area contributed by atoms with Crippen LogP contribution >= 0.6 is 0 Å². The minimum atomic E-state index is -2.63. The maximum absolute atomic E-state index is 12.6. The number of anilines is 1. The Kier molecular flexibility index (Phi) is 6.24. The van der Waals surface area contributed by atoms with Crippen LogP contribution in [0.4, 0.5) is 10.1 Å². The van der Waals surface area contributed by atoms with E-state index in [9.17, 15) is 13.4 Å². The number of ether oxygens (including phenoxy) is 1. The number of hydrogen-bond donors (Lipinski definition) is 2. The lowest BCUT2D eigenvalue weighted by Gasteiger charge is -2.13. The molecule has 0 spiro atoms. The van der Waals surface area contributed by atoms with Crippen molar-refractivity contribution < 1.29 is 17.8 Å². The van der Waals surface area contributed by atoms with E-state index in [1.54, 1.807) is 31.3 Å². The summed E-state index contributed by atoms with van der Waals surface area (Å²) in [5, 5.41) is 0.789. The molecule has 0 saturated carbocycles. The van der Waals surface area contributed by atoms with Gasteiger partial charge in [-0.2, -0.15) is 0 Å². The Morgan fingerprint density at radius 1 is 1.24 bits per heavy atom. The number of halogens is 1. The van der Waals surface area contributed by atoms with Crippen molar-refractivity contribution in [2.75, 3.05) is 25.1 Å². The molecule has 3 rings (SSSR count). The summed E-state index contributed by atoms with van der Waals surface area (Å²) in [6.45, 7) is 1.22. The summed E-state index contributed by atoms with van der Waals surface area (Å²) >= 11 is 0. The molecule has 1 aromatic heterocycles. The lowest BCUT2D eigenvalue weighted by atomic mass is 9.99. The fourth-order valence-corrected chi connectivity index (χ4v) is 3.63. The lowest BCUT2D eigenvalue weighted by Crippen LogP contribution is -2.26. The topological polar surface area (TPSA) is 80.6 Å². The molecule has 154 valence electrons. The van der Waals surface area contributed by atoms with Crippen LogP contribution in [0.15, 0.2) is 51.7 Å². The van der Waals surface area contributed by atoms with Crippen molar-refractivity contribution in [3.8, 4) is 5.75 Å². The van der Waals surface area contributed by atoms with E-state index in [0.717, 1.165) is 16.5 Å². The van der Waals surface area contributed by atoms with E-state index in [4.69, 9.17) is 9.15 Å². The van der Waals surface area contributed by atoms with Crippen LogP contribution in [0.5, 0.6) is 5.75 Å². The van der Waals surface area contributed by atoms with Crippen molar-refractivity contribution in [2.24, 2.45) is 0 Å². The monoisotopic (exact) mass is 418 g/mol. The summed E-state index contributed by atoms with van der Waals surface area (Å²) in [4.78, 5) is 12.6. The van der Waals surface area contributed by atoms with Crippen molar-refractivity contribution >= 4 is 32.4 Å². The molecule has 0 saturated heterocycles. The van der Waals surface area contributed by atoms with Crippen LogP contribution in [0.3, 0.4) is 0 Å². The van der Waals surface area contributed by atoms with E-state index < -0.39 is 22.2 Å². The van der Waals surface area contributed by atoms with Crippen LogP contribution in [0, 0.1) is 6.92 Å². The van der Waals surface area contributed by atoms with Crippen molar-refractivity contribution in [3.05, 3.63) is 69.6 Å². The van der Waals surface area contributed by atoms with Gasteiger partial charge in [-0.1, -0.05) is 12.1 Å². The number of fused-ring (bicyclic) bond motifs is 1. The molecule has 8 heteroatoms. The van der Waals surface area contributed by atoms with Gasteiger partial charge in [0.1, 0.15) is 34.5 Å². The predicted molar refractivity (Wildman–Crippen MR) is 116 cm³/mol. The van der Waals surface area contributed by atoms with Gasteiger partial charge in [0.2, 0.25) is 0 Å². The average molecular weight is 418 g/mol. The molecule has 2 N–H and O–H groups in total. The molecule has 0 bridgehead atoms. The van der Waals surface area contributed by atoms with Crippen molar-refractivity contribution in [2.45, 2.75) is 13.3 Å². The third kappa shape index (κ3) is 4.96. The predicted octanol–water partition coefficient (Wildman–Crippen LogP) is 3.22. The summed E-state index contributed by atoms with van der Waals surface area (Å²) < 4.78 is 40.6. The van der Waals surface area contributed by atoms with Gasteiger partial charge in [0, 0.05) is 29.1 Å². The quantitative estimate of drug-likeness (QED) is 0.435. The molecule has 1 unspecified atom stereocenters. The fourth-order valence-electron chi connectivity index (χ4n) is 3.02. The van der Waals surface area contributed by atoms with Crippen LogP contribution in [0.25, 0.3) is 11.0 Å². The number of nitrogens with one attached hydrogen (secondary N) is 2. The minimum Gasteiger partial charge on any atom is -0.491 e. The second-order valence-corrected chi connectivity index (χ2v) is 8.51. The fraction of sp³-hybridized carbons (Fsp3) is 0.238. The first-order chi connectivity index (χ1) is 13.8. The molecule has 0 amide bonds. The normalized spacial score (nSPS) is 13.2. The van der Waals surface area contributed by atoms with Crippen molar-refractivity contribution in [1.82, 2.24) is 4.72 Å². The maximum Gasteiger partial charge on any atom is 0.340 e. The second-order valence-electron chi connectivity index (χ2n) is 6.55. The third-order valence-electron chi connectivity index (χ3n) is 4.53. The largest absolute Gasteiger partial charge is 0.491 e. The van der Waals surface area contributed by atoms with Crippen LogP contribution in [0.1, 0.15) is 16.7 Å². The third-order valence-corrected chi connectivity index (χ3v) is 5.75. The van der Waals surface area contributed by atoms with Gasteiger partial charge in [0.05, 0.1) is 0 Å². The molecule has 0 fully saturated rings. The van der Waals surface area contributed by atoms with E-state index in [-0.39, 0.29) is 6.61 Å². The van der Waals surface area contributed by atoms with Crippen LogP contribution in [-0.2, 0) is 16.3 Å². The maximum atomic E-state index is 12.6. The molecule has 1 atom stereocenters. The highest BCUT2D eigenvalue weighted by molar-refractivity contribution is 7.99. The lowest BCUT2D eigenvalue weighted by molar-refractivity contribution is 0.273. The van der Waals surface area contributed by atoms with Crippen LogP contribution < -0.4 is 19.8 Å². The summed E-state index contributed by atoms with van der Waals surface area (Å²) in [6, 6.07) is 12.4. The summed E-state index contributed by atoms with van der Waals surface area (Å²) in [5.74, 6) is 4.04. The van der Waals surface area contributed by atoms with E-state index in [2.05, 4.69) is 15.3 Å². The van der Waals surface area contributed by atoms with Crippen molar-refractivity contribution in [1.29, 1.82) is 0 Å². The van der Waals surface area contributed by atoms with E-state index in [1.165, 1.54) is 0 Å². The van der Waals surface area contributed by atoms with E-state index >= 15 is 0 Å². The highest BCUT2D eigenvalue weighted by atomic mass is 32.2.